The molecule has 0 aromatic heterocycles. The average Bonchev–Trinajstić information content (AvgIpc) is 3.58. The van der Waals surface area contributed by atoms with Crippen molar-refractivity contribution in [1.29, 1.82) is 0 Å². The first kappa shape index (κ1) is 24.5. The van der Waals surface area contributed by atoms with Gasteiger partial charge >= 0.3 is 0 Å². The lowest BCUT2D eigenvalue weighted by molar-refractivity contribution is 0.0980. The largest absolute Gasteiger partial charge is 0.395 e. The number of benzene rings is 2. The van der Waals surface area contributed by atoms with E-state index < -0.39 is 11.0 Å². The Kier molecular flexibility index (Phi) is 6.65. The summed E-state index contributed by atoms with van der Waals surface area (Å²) in [5, 5.41) is 9.14. The van der Waals surface area contributed by atoms with Gasteiger partial charge in [-0.25, -0.2) is 8.93 Å². The smallest absolute Gasteiger partial charge is 0.258 e. The molecule has 1 atom stereocenters. The molecule has 3 aliphatic carbocycles. The van der Waals surface area contributed by atoms with Gasteiger partial charge in [-0.2, -0.15) is 0 Å². The molecule has 1 unspecified atom stereocenters. The Morgan fingerprint density at radius 3 is 2.56 bits per heavy atom. The predicted octanol–water partition coefficient (Wildman–Crippen LogP) is 5.16. The fraction of sp³-hybridized carbons (Fsp3) is 0.536. The lowest BCUT2D eigenvalue weighted by Crippen LogP contribution is -2.40. The second-order valence-corrected chi connectivity index (χ2v) is 13.3. The van der Waals surface area contributed by atoms with Crippen molar-refractivity contribution in [3.63, 3.8) is 0 Å². The van der Waals surface area contributed by atoms with Gasteiger partial charge in [0.25, 0.3) is 5.91 Å². The number of carbonyl (C=O) groups excluding carboxylic acids is 1. The van der Waals surface area contributed by atoms with E-state index in [4.69, 9.17) is 5.11 Å². The molecule has 8 heteroatoms. The number of amides is 1. The van der Waals surface area contributed by atoms with Gasteiger partial charge in [0.05, 0.1) is 11.5 Å². The zero-order valence-corrected chi connectivity index (χ0v) is 22.3. The Balaban J connectivity index is 1.27. The number of aliphatic hydroxyl groups is 1. The fourth-order valence-electron chi connectivity index (χ4n) is 6.10. The van der Waals surface area contributed by atoms with Crippen molar-refractivity contribution < 1.29 is 14.1 Å². The van der Waals surface area contributed by atoms with E-state index in [0.29, 0.717) is 34.2 Å². The van der Waals surface area contributed by atoms with Crippen LogP contribution in [0.2, 0.25) is 0 Å². The number of nitrogens with zero attached hydrogens (tertiary/aromatic N) is 1. The van der Waals surface area contributed by atoms with E-state index in [-0.39, 0.29) is 17.9 Å². The Morgan fingerprint density at radius 1 is 1.08 bits per heavy atom. The molecule has 6 rings (SSSR count). The van der Waals surface area contributed by atoms with Crippen molar-refractivity contribution in [3.05, 3.63) is 53.6 Å². The molecule has 0 radical (unpaired) electrons. The van der Waals surface area contributed by atoms with Gasteiger partial charge in [-0.1, -0.05) is 24.4 Å². The second kappa shape index (κ2) is 9.78. The fourth-order valence-corrected chi connectivity index (χ4v) is 7.70. The summed E-state index contributed by atoms with van der Waals surface area (Å²) in [5.74, 6) is 0.612. The maximum atomic E-state index is 13.9. The number of nitrogens with one attached hydrogen (secondary N) is 2. The van der Waals surface area contributed by atoms with E-state index in [0.717, 1.165) is 37.1 Å². The highest BCUT2D eigenvalue weighted by Crippen LogP contribution is 2.62. The van der Waals surface area contributed by atoms with Crippen LogP contribution in [0.3, 0.4) is 0 Å². The number of hydrogen-bond acceptors (Lipinski definition) is 5. The van der Waals surface area contributed by atoms with E-state index in [9.17, 15) is 9.00 Å². The van der Waals surface area contributed by atoms with Gasteiger partial charge < -0.3 is 14.7 Å². The Bertz CT molecular complexity index is 1170. The summed E-state index contributed by atoms with van der Waals surface area (Å²) in [4.78, 5) is 16.5. The van der Waals surface area contributed by atoms with E-state index in [1.807, 2.05) is 29.2 Å². The zero-order chi connectivity index (χ0) is 24.8. The first-order valence-corrected chi connectivity index (χ1v) is 15.4. The van der Waals surface area contributed by atoms with Gasteiger partial charge in [-0.15, -0.1) is 0 Å². The van der Waals surface area contributed by atoms with Gasteiger partial charge in [0.1, 0.15) is 11.0 Å². The SMILES string of the molecule is O=C(c1cccc(S(=O)NC2CCC2)c1)N1CC2(CCC3(CC3)CC2)c2cc(NSCCO)ccc21. The number of aliphatic hydroxyl groups excluding tert-OH is 1. The highest BCUT2D eigenvalue weighted by molar-refractivity contribution is 8.00. The van der Waals surface area contributed by atoms with Gasteiger partial charge in [-0.3, -0.25) is 4.79 Å². The van der Waals surface area contributed by atoms with E-state index in [1.165, 1.54) is 49.6 Å². The van der Waals surface area contributed by atoms with Crippen molar-refractivity contribution in [1.82, 2.24) is 4.72 Å². The van der Waals surface area contributed by atoms with Crippen LogP contribution < -0.4 is 14.3 Å². The summed E-state index contributed by atoms with van der Waals surface area (Å²) in [6.45, 7) is 0.842. The van der Waals surface area contributed by atoms with Crippen molar-refractivity contribution in [3.8, 4) is 0 Å². The summed E-state index contributed by atoms with van der Waals surface area (Å²) in [5.41, 5.74) is 4.45. The molecule has 2 aromatic carbocycles. The molecule has 6 nitrogen and oxygen atoms in total. The second-order valence-electron chi connectivity index (χ2n) is 11.1. The topological polar surface area (TPSA) is 81.7 Å². The monoisotopic (exact) mass is 525 g/mol. The maximum Gasteiger partial charge on any atom is 0.258 e. The molecule has 36 heavy (non-hydrogen) atoms. The summed E-state index contributed by atoms with van der Waals surface area (Å²) in [7, 11) is -1.30. The van der Waals surface area contributed by atoms with E-state index >= 15 is 0 Å². The molecule has 1 heterocycles. The molecule has 3 N–H and O–H groups in total. The number of fused-ring (bicyclic) bond motifs is 2. The number of hydrogen-bond donors (Lipinski definition) is 3. The van der Waals surface area contributed by atoms with Crippen LogP contribution in [0, 0.1) is 5.41 Å². The third kappa shape index (κ3) is 4.62. The van der Waals surface area contributed by atoms with Crippen molar-refractivity contribution >= 4 is 40.2 Å². The molecular formula is C28H35N3O3S2. The zero-order valence-electron chi connectivity index (χ0n) is 20.6. The quantitative estimate of drug-likeness (QED) is 0.328. The minimum absolute atomic E-state index is 0.00955. The molecule has 0 bridgehead atoms. The molecular weight excluding hydrogens is 490 g/mol. The minimum atomic E-state index is -1.30. The number of anilines is 2. The molecule has 2 aromatic rings. The first-order valence-electron chi connectivity index (χ1n) is 13.2. The molecule has 0 saturated heterocycles. The normalized spacial score (nSPS) is 22.3. The Morgan fingerprint density at radius 2 is 1.86 bits per heavy atom. The first-order chi connectivity index (χ1) is 17.5. The van der Waals surface area contributed by atoms with Crippen LogP contribution in [0.4, 0.5) is 11.4 Å². The molecule has 2 spiro atoms. The standard InChI is InChI=1S/C28H35N3O3S2/c32-15-16-35-29-22-7-8-25-24(18-22)28(13-11-27(9-10-27)12-14-28)19-31(25)26(33)20-3-1-6-23(17-20)36(34)30-21-4-2-5-21/h1,3,6-8,17-18,21,29-30,32H,2,4-5,9-16,19H2. The van der Waals surface area contributed by atoms with Crippen LogP contribution in [0.15, 0.2) is 47.4 Å². The van der Waals surface area contributed by atoms with Gasteiger partial charge in [0, 0.05) is 40.7 Å². The van der Waals surface area contributed by atoms with Gasteiger partial charge in [0.2, 0.25) is 0 Å². The summed E-state index contributed by atoms with van der Waals surface area (Å²) >= 11 is 1.50. The molecule has 192 valence electrons. The maximum absolute atomic E-state index is 13.9. The summed E-state index contributed by atoms with van der Waals surface area (Å²) < 4.78 is 19.4. The van der Waals surface area contributed by atoms with E-state index in [2.05, 4.69) is 21.6 Å². The Hall–Kier alpha value is -1.87. The molecule has 3 fully saturated rings. The average molecular weight is 526 g/mol. The van der Waals surface area contributed by atoms with Crippen LogP contribution in [-0.2, 0) is 16.4 Å². The summed E-state index contributed by atoms with van der Waals surface area (Å²) in [6.07, 6.45) is 10.7. The van der Waals surface area contributed by atoms with Crippen molar-refractivity contribution in [2.24, 2.45) is 5.41 Å². The lowest BCUT2D eigenvalue weighted by Gasteiger charge is -2.38. The van der Waals surface area contributed by atoms with Crippen LogP contribution >= 0.6 is 11.9 Å². The van der Waals surface area contributed by atoms with Crippen molar-refractivity contribution in [2.45, 2.75) is 74.1 Å². The Labute approximate surface area is 220 Å². The number of rotatable bonds is 8. The number of carbonyl (C=O) groups is 1. The lowest BCUT2D eigenvalue weighted by atomic mass is 9.66. The van der Waals surface area contributed by atoms with Gasteiger partial charge in [-0.05, 0) is 98.7 Å². The highest BCUT2D eigenvalue weighted by Gasteiger charge is 2.53. The molecule has 3 saturated carbocycles. The van der Waals surface area contributed by atoms with Gasteiger partial charge in [0.15, 0.2) is 0 Å². The molecule has 4 aliphatic rings. The highest BCUT2D eigenvalue weighted by atomic mass is 32.2. The summed E-state index contributed by atoms with van der Waals surface area (Å²) in [6, 6.07) is 14.0. The molecule has 1 amide bonds. The van der Waals surface area contributed by atoms with Crippen molar-refractivity contribution in [2.75, 3.05) is 28.5 Å². The third-order valence-electron chi connectivity index (χ3n) is 8.85. The van der Waals surface area contributed by atoms with Crippen LogP contribution in [0.25, 0.3) is 0 Å². The minimum Gasteiger partial charge on any atom is -0.395 e. The van der Waals surface area contributed by atoms with Crippen LogP contribution in [0.1, 0.15) is 73.7 Å². The molecule has 1 aliphatic heterocycles. The predicted molar refractivity (Wildman–Crippen MR) is 147 cm³/mol. The van der Waals surface area contributed by atoms with E-state index in [1.54, 1.807) is 6.07 Å². The third-order valence-corrected chi connectivity index (χ3v) is 10.8. The van der Waals surface area contributed by atoms with Crippen LogP contribution in [-0.4, -0.2) is 40.2 Å². The van der Waals surface area contributed by atoms with Crippen LogP contribution in [0.5, 0.6) is 0 Å².